The van der Waals surface area contributed by atoms with Crippen LogP contribution in [0.5, 0.6) is 5.75 Å². The van der Waals surface area contributed by atoms with Crippen LogP contribution in [0.3, 0.4) is 0 Å². The first kappa shape index (κ1) is 16.0. The van der Waals surface area contributed by atoms with Crippen LogP contribution in [0.4, 0.5) is 0 Å². The molecule has 0 aliphatic carbocycles. The lowest BCUT2D eigenvalue weighted by atomic mass is 10.1. The summed E-state index contributed by atoms with van der Waals surface area (Å²) in [5, 5.41) is 3.40. The number of ether oxygens (including phenoxy) is 1. The van der Waals surface area contributed by atoms with Crippen molar-refractivity contribution in [3.8, 4) is 5.75 Å². The Morgan fingerprint density at radius 3 is 2.52 bits per heavy atom. The van der Waals surface area contributed by atoms with Gasteiger partial charge in [-0.05, 0) is 36.1 Å². The van der Waals surface area contributed by atoms with Crippen LogP contribution in [0.15, 0.2) is 48.5 Å². The van der Waals surface area contributed by atoms with E-state index in [0.717, 1.165) is 44.9 Å². The van der Waals surface area contributed by atoms with Crippen LogP contribution in [0.2, 0.25) is 0 Å². The molecule has 1 aliphatic rings. The minimum absolute atomic E-state index is 0.627. The molecule has 2 aromatic carbocycles. The fourth-order valence-corrected chi connectivity index (χ4v) is 2.99. The molecule has 0 radical (unpaired) electrons. The Labute approximate surface area is 139 Å². The van der Waals surface area contributed by atoms with E-state index < -0.39 is 0 Å². The molecule has 0 aromatic heterocycles. The van der Waals surface area contributed by atoms with Gasteiger partial charge in [0.15, 0.2) is 0 Å². The van der Waals surface area contributed by atoms with Crippen molar-refractivity contribution in [2.45, 2.75) is 20.0 Å². The van der Waals surface area contributed by atoms with Gasteiger partial charge in [0, 0.05) is 32.7 Å². The first-order valence-corrected chi connectivity index (χ1v) is 8.50. The van der Waals surface area contributed by atoms with Crippen LogP contribution in [-0.2, 0) is 13.0 Å². The van der Waals surface area contributed by atoms with Gasteiger partial charge in [-0.15, -0.1) is 0 Å². The van der Waals surface area contributed by atoms with Gasteiger partial charge in [0.05, 0.1) is 0 Å². The van der Waals surface area contributed by atoms with Crippen molar-refractivity contribution in [2.24, 2.45) is 0 Å². The SMILES string of the molecule is Cc1cc(CCN2CCNCC2)ccc1OCc1ccccc1. The molecule has 0 bridgehead atoms. The lowest BCUT2D eigenvalue weighted by Gasteiger charge is -2.27. The summed E-state index contributed by atoms with van der Waals surface area (Å²) in [4.78, 5) is 2.53. The minimum Gasteiger partial charge on any atom is -0.489 e. The Morgan fingerprint density at radius 1 is 1.00 bits per heavy atom. The predicted molar refractivity (Wildman–Crippen MR) is 95.0 cm³/mol. The topological polar surface area (TPSA) is 24.5 Å². The highest BCUT2D eigenvalue weighted by atomic mass is 16.5. The van der Waals surface area contributed by atoms with Crippen molar-refractivity contribution in [3.63, 3.8) is 0 Å². The molecule has 0 unspecified atom stereocenters. The maximum atomic E-state index is 5.95. The van der Waals surface area contributed by atoms with Crippen molar-refractivity contribution in [1.29, 1.82) is 0 Å². The Bertz CT molecular complexity index is 606. The maximum absolute atomic E-state index is 5.95. The maximum Gasteiger partial charge on any atom is 0.122 e. The Morgan fingerprint density at radius 2 is 1.78 bits per heavy atom. The summed E-state index contributed by atoms with van der Waals surface area (Å²) in [6.45, 7) is 8.47. The van der Waals surface area contributed by atoms with Gasteiger partial charge < -0.3 is 15.0 Å². The van der Waals surface area contributed by atoms with Crippen molar-refractivity contribution in [3.05, 3.63) is 65.2 Å². The summed E-state index contributed by atoms with van der Waals surface area (Å²) in [6, 6.07) is 16.9. The van der Waals surface area contributed by atoms with Gasteiger partial charge in [-0.2, -0.15) is 0 Å². The van der Waals surface area contributed by atoms with E-state index in [-0.39, 0.29) is 0 Å². The third kappa shape index (κ3) is 4.81. The number of aryl methyl sites for hydroxylation is 1. The zero-order chi connectivity index (χ0) is 15.9. The van der Waals surface area contributed by atoms with E-state index in [1.807, 2.05) is 18.2 Å². The summed E-state index contributed by atoms with van der Waals surface area (Å²) in [6.07, 6.45) is 1.11. The van der Waals surface area contributed by atoms with Gasteiger partial charge in [0.2, 0.25) is 0 Å². The predicted octanol–water partition coefficient (Wildman–Crippen LogP) is 3.02. The fourth-order valence-electron chi connectivity index (χ4n) is 2.99. The van der Waals surface area contributed by atoms with E-state index in [0.29, 0.717) is 6.61 Å². The first-order valence-electron chi connectivity index (χ1n) is 8.50. The standard InChI is InChI=1S/C20H26N2O/c1-17-15-18(9-12-22-13-10-21-11-14-22)7-8-20(17)23-16-19-5-3-2-4-6-19/h2-8,15,21H,9-14,16H2,1H3. The highest BCUT2D eigenvalue weighted by Crippen LogP contribution is 2.21. The van der Waals surface area contributed by atoms with Crippen LogP contribution in [0.1, 0.15) is 16.7 Å². The molecule has 122 valence electrons. The Hall–Kier alpha value is -1.84. The summed E-state index contributed by atoms with van der Waals surface area (Å²) < 4.78 is 5.95. The molecule has 0 atom stereocenters. The molecule has 0 spiro atoms. The molecule has 1 saturated heterocycles. The number of nitrogens with one attached hydrogen (secondary N) is 1. The molecular formula is C20H26N2O. The third-order valence-electron chi connectivity index (χ3n) is 4.40. The number of benzene rings is 2. The number of nitrogens with zero attached hydrogens (tertiary/aromatic N) is 1. The van der Waals surface area contributed by atoms with Gasteiger partial charge in [0.25, 0.3) is 0 Å². The molecule has 23 heavy (non-hydrogen) atoms. The van der Waals surface area contributed by atoms with Gasteiger partial charge in [-0.25, -0.2) is 0 Å². The summed E-state index contributed by atoms with van der Waals surface area (Å²) in [7, 11) is 0. The molecular weight excluding hydrogens is 284 g/mol. The monoisotopic (exact) mass is 310 g/mol. The van der Waals surface area contributed by atoms with Gasteiger partial charge in [-0.1, -0.05) is 42.5 Å². The third-order valence-corrected chi connectivity index (χ3v) is 4.40. The molecule has 3 heteroatoms. The highest BCUT2D eigenvalue weighted by molar-refractivity contribution is 5.36. The average Bonchev–Trinajstić information content (AvgIpc) is 2.61. The smallest absolute Gasteiger partial charge is 0.122 e. The zero-order valence-electron chi connectivity index (χ0n) is 13.9. The lowest BCUT2D eigenvalue weighted by molar-refractivity contribution is 0.244. The fraction of sp³-hybridized carbons (Fsp3) is 0.400. The van der Waals surface area contributed by atoms with Crippen molar-refractivity contribution >= 4 is 0 Å². The molecule has 0 saturated carbocycles. The van der Waals surface area contributed by atoms with E-state index in [1.165, 1.54) is 16.7 Å². The van der Waals surface area contributed by atoms with Crippen molar-refractivity contribution < 1.29 is 4.74 Å². The number of piperazine rings is 1. The normalized spacial score (nSPS) is 15.5. The summed E-state index contributed by atoms with van der Waals surface area (Å²) in [5.74, 6) is 0.986. The molecule has 1 fully saturated rings. The average molecular weight is 310 g/mol. The van der Waals surface area contributed by atoms with Crippen LogP contribution >= 0.6 is 0 Å². The van der Waals surface area contributed by atoms with Crippen LogP contribution in [0, 0.1) is 6.92 Å². The van der Waals surface area contributed by atoms with Crippen molar-refractivity contribution in [2.75, 3.05) is 32.7 Å². The zero-order valence-corrected chi connectivity index (χ0v) is 13.9. The van der Waals surface area contributed by atoms with E-state index >= 15 is 0 Å². The quantitative estimate of drug-likeness (QED) is 0.887. The minimum atomic E-state index is 0.627. The van der Waals surface area contributed by atoms with E-state index in [9.17, 15) is 0 Å². The molecule has 0 amide bonds. The molecule has 1 aliphatic heterocycles. The lowest BCUT2D eigenvalue weighted by Crippen LogP contribution is -2.44. The number of hydrogen-bond acceptors (Lipinski definition) is 3. The highest BCUT2D eigenvalue weighted by Gasteiger charge is 2.09. The molecule has 3 nitrogen and oxygen atoms in total. The van der Waals surface area contributed by atoms with Crippen molar-refractivity contribution in [1.82, 2.24) is 10.2 Å². The second kappa shape index (κ2) is 8.14. The van der Waals surface area contributed by atoms with Crippen LogP contribution < -0.4 is 10.1 Å². The van der Waals surface area contributed by atoms with E-state index in [2.05, 4.69) is 47.5 Å². The Balaban J connectivity index is 1.52. The molecule has 1 heterocycles. The second-order valence-corrected chi connectivity index (χ2v) is 6.22. The van der Waals surface area contributed by atoms with E-state index in [1.54, 1.807) is 0 Å². The van der Waals surface area contributed by atoms with Crippen LogP contribution in [-0.4, -0.2) is 37.6 Å². The van der Waals surface area contributed by atoms with Gasteiger partial charge in [-0.3, -0.25) is 0 Å². The second-order valence-electron chi connectivity index (χ2n) is 6.22. The Kier molecular flexibility index (Phi) is 5.67. The largest absolute Gasteiger partial charge is 0.489 e. The molecule has 2 aromatic rings. The van der Waals surface area contributed by atoms with Crippen LogP contribution in [0.25, 0.3) is 0 Å². The summed E-state index contributed by atoms with van der Waals surface area (Å²) in [5.41, 5.74) is 3.82. The molecule has 1 N–H and O–H groups in total. The van der Waals surface area contributed by atoms with Gasteiger partial charge in [0.1, 0.15) is 12.4 Å². The summed E-state index contributed by atoms with van der Waals surface area (Å²) >= 11 is 0. The first-order chi connectivity index (χ1) is 11.3. The van der Waals surface area contributed by atoms with Gasteiger partial charge >= 0.3 is 0 Å². The molecule has 3 rings (SSSR count). The number of rotatable bonds is 6. The van der Waals surface area contributed by atoms with E-state index in [4.69, 9.17) is 4.74 Å². The number of hydrogen-bond donors (Lipinski definition) is 1.